The van der Waals surface area contributed by atoms with Gasteiger partial charge in [0.1, 0.15) is 18.7 Å². The molecule has 5 aromatic rings. The summed E-state index contributed by atoms with van der Waals surface area (Å²) < 4.78 is 5.59. The number of rotatable bonds is 11. The molecule has 6 rings (SSSR count). The summed E-state index contributed by atoms with van der Waals surface area (Å²) in [5, 5.41) is 25.6. The van der Waals surface area contributed by atoms with Crippen LogP contribution in [0.2, 0.25) is 0 Å². The van der Waals surface area contributed by atoms with E-state index in [9.17, 15) is 29.4 Å². The molecule has 2 atom stereocenters. The van der Waals surface area contributed by atoms with E-state index in [-0.39, 0.29) is 25.4 Å². The molecule has 0 aliphatic heterocycles. The molecule has 0 radical (unpaired) electrons. The highest BCUT2D eigenvalue weighted by atomic mass is 16.5. The van der Waals surface area contributed by atoms with Crippen molar-refractivity contribution in [2.24, 2.45) is 0 Å². The Morgan fingerprint density at radius 2 is 1.38 bits per heavy atom. The molecular formula is C37H33N3O7. The van der Waals surface area contributed by atoms with Gasteiger partial charge in [0.2, 0.25) is 5.91 Å². The van der Waals surface area contributed by atoms with Crippen molar-refractivity contribution in [3.63, 3.8) is 0 Å². The monoisotopic (exact) mass is 631 g/mol. The molecule has 0 fully saturated rings. The van der Waals surface area contributed by atoms with E-state index in [0.29, 0.717) is 22.4 Å². The second-order valence-corrected chi connectivity index (χ2v) is 11.6. The Labute approximate surface area is 270 Å². The average molecular weight is 632 g/mol. The zero-order valence-corrected chi connectivity index (χ0v) is 25.5. The summed E-state index contributed by atoms with van der Waals surface area (Å²) >= 11 is 0. The number of carboxylic acids is 2. The molecule has 0 saturated carbocycles. The van der Waals surface area contributed by atoms with E-state index in [1.54, 1.807) is 18.2 Å². The van der Waals surface area contributed by atoms with Gasteiger partial charge >= 0.3 is 18.0 Å². The lowest BCUT2D eigenvalue weighted by molar-refractivity contribution is -0.141. The lowest BCUT2D eigenvalue weighted by atomic mass is 9.96. The smallest absolute Gasteiger partial charge is 0.407 e. The first-order chi connectivity index (χ1) is 22.7. The number of fused-ring (bicyclic) bond motifs is 4. The maximum absolute atomic E-state index is 12.9. The number of para-hydroxylation sites is 1. The molecule has 10 nitrogen and oxygen atoms in total. The predicted octanol–water partition coefficient (Wildman–Crippen LogP) is 5.50. The summed E-state index contributed by atoms with van der Waals surface area (Å²) in [4.78, 5) is 52.2. The number of H-pyrrole nitrogens is 1. The Bertz CT molecular complexity index is 1950. The van der Waals surface area contributed by atoms with E-state index >= 15 is 0 Å². The van der Waals surface area contributed by atoms with Gasteiger partial charge in [0, 0.05) is 42.3 Å². The van der Waals surface area contributed by atoms with E-state index < -0.39 is 36.0 Å². The fourth-order valence-corrected chi connectivity index (χ4v) is 6.38. The van der Waals surface area contributed by atoms with Gasteiger partial charge in [0.15, 0.2) is 0 Å². The van der Waals surface area contributed by atoms with Crippen molar-refractivity contribution in [2.75, 3.05) is 6.61 Å². The Morgan fingerprint density at radius 1 is 0.766 bits per heavy atom. The van der Waals surface area contributed by atoms with Gasteiger partial charge in [-0.3, -0.25) is 4.79 Å². The van der Waals surface area contributed by atoms with Gasteiger partial charge < -0.3 is 30.6 Å². The summed E-state index contributed by atoms with van der Waals surface area (Å²) in [7, 11) is 0. The molecular weight excluding hydrogens is 598 g/mol. The highest BCUT2D eigenvalue weighted by molar-refractivity contribution is 5.92. The third kappa shape index (κ3) is 6.57. The number of aromatic nitrogens is 1. The number of hydrogen-bond acceptors (Lipinski definition) is 5. The summed E-state index contributed by atoms with van der Waals surface area (Å²) in [6, 6.07) is 28.1. The standard InChI is InChI=1S/C37H33N3O7/c1-21(41)38-33(36(44)45)19-29-28-15-6-7-16-31(28)39-34(29)23-10-8-9-22(17-23)18-32(35(42)43)40-37(46)47-20-30-26-13-4-2-11-24(26)25-12-3-5-14-27(25)30/h2-17,30,32-33,39H,18-20H2,1H3,(H,38,41)(H,40,46)(H,42,43)(H,44,45)/t32-,33?/m0/s1. The van der Waals surface area contributed by atoms with Crippen LogP contribution < -0.4 is 10.6 Å². The second kappa shape index (κ2) is 13.2. The number of aliphatic carboxylic acids is 2. The highest BCUT2D eigenvalue weighted by Crippen LogP contribution is 2.44. The van der Waals surface area contributed by atoms with Crippen molar-refractivity contribution >= 4 is 34.8 Å². The Balaban J connectivity index is 1.19. The number of carbonyl (C=O) groups excluding carboxylic acids is 2. The molecule has 10 heteroatoms. The minimum Gasteiger partial charge on any atom is -0.480 e. The van der Waals surface area contributed by atoms with Crippen molar-refractivity contribution in [3.05, 3.63) is 119 Å². The fraction of sp³-hybridized carbons (Fsp3) is 0.189. The second-order valence-electron chi connectivity index (χ2n) is 11.6. The van der Waals surface area contributed by atoms with E-state index in [1.165, 1.54) is 6.92 Å². The van der Waals surface area contributed by atoms with Crippen molar-refractivity contribution in [1.29, 1.82) is 0 Å². The van der Waals surface area contributed by atoms with Gasteiger partial charge in [-0.05, 0) is 51.1 Å². The molecule has 238 valence electrons. The van der Waals surface area contributed by atoms with Crippen LogP contribution in [0.25, 0.3) is 33.3 Å². The van der Waals surface area contributed by atoms with Crippen LogP contribution in [-0.4, -0.2) is 57.8 Å². The molecule has 4 aromatic carbocycles. The van der Waals surface area contributed by atoms with Crippen LogP contribution in [-0.2, 0) is 32.0 Å². The SMILES string of the molecule is CC(=O)NC(Cc1c(-c2cccc(C[C@H](NC(=O)OCC3c4ccccc4-c4ccccc43)C(=O)O)c2)[nH]c2ccccc12)C(=O)O. The largest absolute Gasteiger partial charge is 0.480 e. The normalized spacial score (nSPS) is 13.3. The number of amides is 2. The lowest BCUT2D eigenvalue weighted by Crippen LogP contribution is -2.42. The first-order valence-electron chi connectivity index (χ1n) is 15.2. The van der Waals surface area contributed by atoms with Gasteiger partial charge in [-0.15, -0.1) is 0 Å². The fourth-order valence-electron chi connectivity index (χ4n) is 6.38. The maximum Gasteiger partial charge on any atom is 0.407 e. The van der Waals surface area contributed by atoms with Crippen LogP contribution in [0.5, 0.6) is 0 Å². The number of nitrogens with one attached hydrogen (secondary N) is 3. The quantitative estimate of drug-likeness (QED) is 0.129. The molecule has 2 amide bonds. The molecule has 0 bridgehead atoms. The Kier molecular flexibility index (Phi) is 8.75. The summed E-state index contributed by atoms with van der Waals surface area (Å²) in [5.74, 6) is -2.99. The molecule has 1 aliphatic rings. The minimum absolute atomic E-state index is 0.0213. The zero-order chi connectivity index (χ0) is 33.1. The van der Waals surface area contributed by atoms with Gasteiger partial charge in [-0.25, -0.2) is 14.4 Å². The summed E-state index contributed by atoms with van der Waals surface area (Å²) in [6.07, 6.45) is -0.822. The maximum atomic E-state index is 12.9. The predicted molar refractivity (Wildman–Crippen MR) is 176 cm³/mol. The van der Waals surface area contributed by atoms with E-state index in [2.05, 4.69) is 15.6 Å². The molecule has 1 unspecified atom stereocenters. The van der Waals surface area contributed by atoms with Crippen molar-refractivity contribution in [2.45, 2.75) is 37.8 Å². The average Bonchev–Trinajstić information content (AvgIpc) is 3.58. The first kappa shape index (κ1) is 31.1. The highest BCUT2D eigenvalue weighted by Gasteiger charge is 2.30. The number of ether oxygens (including phenoxy) is 1. The molecule has 1 heterocycles. The minimum atomic E-state index is -1.26. The van der Waals surface area contributed by atoms with Crippen LogP contribution in [0.4, 0.5) is 4.79 Å². The molecule has 1 aliphatic carbocycles. The number of carbonyl (C=O) groups is 4. The number of alkyl carbamates (subject to hydrolysis) is 1. The van der Waals surface area contributed by atoms with E-state index in [1.807, 2.05) is 78.9 Å². The zero-order valence-electron chi connectivity index (χ0n) is 25.5. The van der Waals surface area contributed by atoms with Gasteiger partial charge in [0.25, 0.3) is 0 Å². The van der Waals surface area contributed by atoms with Crippen LogP contribution in [0, 0.1) is 0 Å². The lowest BCUT2D eigenvalue weighted by Gasteiger charge is -2.18. The third-order valence-electron chi connectivity index (χ3n) is 8.49. The van der Waals surface area contributed by atoms with Crippen LogP contribution >= 0.6 is 0 Å². The third-order valence-corrected chi connectivity index (χ3v) is 8.49. The Hall–Kier alpha value is -5.90. The first-order valence-corrected chi connectivity index (χ1v) is 15.2. The van der Waals surface area contributed by atoms with Gasteiger partial charge in [0.05, 0.1) is 0 Å². The topological polar surface area (TPSA) is 158 Å². The number of carboxylic acid groups (broad SMARTS) is 2. The van der Waals surface area contributed by atoms with Crippen molar-refractivity contribution in [3.8, 4) is 22.4 Å². The van der Waals surface area contributed by atoms with Crippen LogP contribution in [0.3, 0.4) is 0 Å². The Morgan fingerprint density at radius 3 is 2.04 bits per heavy atom. The molecule has 1 aromatic heterocycles. The van der Waals surface area contributed by atoms with Gasteiger partial charge in [-0.2, -0.15) is 0 Å². The van der Waals surface area contributed by atoms with E-state index in [0.717, 1.165) is 33.2 Å². The van der Waals surface area contributed by atoms with Crippen LogP contribution in [0.15, 0.2) is 97.1 Å². The van der Waals surface area contributed by atoms with Crippen molar-refractivity contribution < 1.29 is 34.1 Å². The van der Waals surface area contributed by atoms with Gasteiger partial charge in [-0.1, -0.05) is 84.9 Å². The molecule has 0 saturated heterocycles. The number of hydrogen-bond donors (Lipinski definition) is 5. The number of aromatic amines is 1. The summed E-state index contributed by atoms with van der Waals surface area (Å²) in [6.45, 7) is 1.33. The molecule has 47 heavy (non-hydrogen) atoms. The summed E-state index contributed by atoms with van der Waals surface area (Å²) in [5.41, 5.74) is 7.76. The molecule has 5 N–H and O–H groups in total. The molecule has 0 spiro atoms. The number of benzene rings is 4. The van der Waals surface area contributed by atoms with E-state index in [4.69, 9.17) is 4.74 Å². The van der Waals surface area contributed by atoms with Crippen molar-refractivity contribution in [1.82, 2.24) is 15.6 Å². The van der Waals surface area contributed by atoms with Crippen LogP contribution in [0.1, 0.15) is 35.1 Å².